The first kappa shape index (κ1) is 13.6. The van der Waals surface area contributed by atoms with Gasteiger partial charge in [0.15, 0.2) is 0 Å². The number of nitrogen functional groups attached to an aromatic ring is 1. The Hall–Kier alpha value is -2.33. The van der Waals surface area contributed by atoms with Gasteiger partial charge in [0.25, 0.3) is 5.91 Å². The van der Waals surface area contributed by atoms with Gasteiger partial charge in [-0.3, -0.25) is 4.79 Å². The summed E-state index contributed by atoms with van der Waals surface area (Å²) in [6.07, 6.45) is 0. The van der Waals surface area contributed by atoms with Crippen LogP contribution < -0.4 is 11.1 Å². The zero-order valence-electron chi connectivity index (χ0n) is 11.1. The summed E-state index contributed by atoms with van der Waals surface area (Å²) >= 11 is 3.34. The van der Waals surface area contributed by atoms with Crippen molar-refractivity contribution in [3.05, 3.63) is 70.7 Å². The zero-order valence-corrected chi connectivity index (χ0v) is 12.7. The molecule has 0 fully saturated rings. The maximum Gasteiger partial charge on any atom is 0.255 e. The molecule has 3 nitrogen and oxygen atoms in total. The third-order valence-electron chi connectivity index (χ3n) is 3.19. The number of amides is 1. The van der Waals surface area contributed by atoms with Crippen molar-refractivity contribution in [2.75, 3.05) is 11.1 Å². The summed E-state index contributed by atoms with van der Waals surface area (Å²) in [7, 11) is 0. The minimum absolute atomic E-state index is 0.182. The molecule has 1 amide bonds. The van der Waals surface area contributed by atoms with Crippen molar-refractivity contribution in [3.63, 3.8) is 0 Å². The number of carbonyl (C=O) groups excluding carboxylic acids is 1. The molecule has 3 N–H and O–H groups in total. The van der Waals surface area contributed by atoms with E-state index in [1.165, 1.54) is 0 Å². The molecular formula is C17H13BrN2O. The molecule has 0 aliphatic rings. The summed E-state index contributed by atoms with van der Waals surface area (Å²) in [5.74, 6) is -0.182. The van der Waals surface area contributed by atoms with Gasteiger partial charge in [-0.25, -0.2) is 0 Å². The Morgan fingerprint density at radius 2 is 1.71 bits per heavy atom. The van der Waals surface area contributed by atoms with Gasteiger partial charge in [-0.05, 0) is 41.1 Å². The molecule has 0 saturated heterocycles. The fourth-order valence-electron chi connectivity index (χ4n) is 2.21. The summed E-state index contributed by atoms with van der Waals surface area (Å²) in [4.78, 5) is 12.3. The van der Waals surface area contributed by atoms with Crippen LogP contribution in [0.3, 0.4) is 0 Å². The first-order valence-corrected chi connectivity index (χ1v) is 7.27. The highest BCUT2D eigenvalue weighted by atomic mass is 79.9. The lowest BCUT2D eigenvalue weighted by atomic mass is 10.1. The summed E-state index contributed by atoms with van der Waals surface area (Å²) < 4.78 is 0.783. The van der Waals surface area contributed by atoms with Crippen LogP contribution in [0.4, 0.5) is 11.4 Å². The van der Waals surface area contributed by atoms with Gasteiger partial charge in [0.1, 0.15) is 0 Å². The van der Waals surface area contributed by atoms with Gasteiger partial charge in [0, 0.05) is 21.4 Å². The lowest BCUT2D eigenvalue weighted by Gasteiger charge is -2.08. The Kier molecular flexibility index (Phi) is 3.62. The maximum absolute atomic E-state index is 12.3. The van der Waals surface area contributed by atoms with Crippen LogP contribution in [0.5, 0.6) is 0 Å². The molecule has 0 aromatic heterocycles. The maximum atomic E-state index is 12.3. The SMILES string of the molecule is Nc1cc(Br)cc(C(=O)Nc2ccc3ccccc3c2)c1. The molecule has 0 spiro atoms. The Labute approximate surface area is 130 Å². The van der Waals surface area contributed by atoms with Crippen LogP contribution in [0, 0.1) is 0 Å². The molecule has 0 radical (unpaired) electrons. The van der Waals surface area contributed by atoms with E-state index in [-0.39, 0.29) is 5.91 Å². The number of nitrogens with two attached hydrogens (primary N) is 1. The highest BCUT2D eigenvalue weighted by molar-refractivity contribution is 9.10. The van der Waals surface area contributed by atoms with E-state index in [2.05, 4.69) is 21.2 Å². The van der Waals surface area contributed by atoms with Gasteiger partial charge in [0.2, 0.25) is 0 Å². The van der Waals surface area contributed by atoms with E-state index in [1.54, 1.807) is 18.2 Å². The summed E-state index contributed by atoms with van der Waals surface area (Å²) in [5, 5.41) is 5.12. The molecule has 0 saturated carbocycles. The summed E-state index contributed by atoms with van der Waals surface area (Å²) in [5.41, 5.74) is 7.59. The molecule has 3 aromatic carbocycles. The number of hydrogen-bond acceptors (Lipinski definition) is 2. The molecule has 0 bridgehead atoms. The fourth-order valence-corrected chi connectivity index (χ4v) is 2.72. The van der Waals surface area contributed by atoms with Crippen molar-refractivity contribution in [3.8, 4) is 0 Å². The summed E-state index contributed by atoms with van der Waals surface area (Å²) in [6.45, 7) is 0. The number of nitrogens with one attached hydrogen (secondary N) is 1. The van der Waals surface area contributed by atoms with Crippen LogP contribution in [-0.2, 0) is 0 Å². The average Bonchev–Trinajstić information content (AvgIpc) is 2.46. The molecule has 0 atom stereocenters. The van der Waals surface area contributed by atoms with Crippen LogP contribution in [0.15, 0.2) is 65.1 Å². The molecule has 0 aliphatic carbocycles. The predicted molar refractivity (Wildman–Crippen MR) is 90.5 cm³/mol. The van der Waals surface area contributed by atoms with Crippen LogP contribution in [-0.4, -0.2) is 5.91 Å². The van der Waals surface area contributed by atoms with E-state index in [4.69, 9.17) is 5.73 Å². The zero-order chi connectivity index (χ0) is 14.8. The van der Waals surface area contributed by atoms with Gasteiger partial charge in [0.05, 0.1) is 0 Å². The van der Waals surface area contributed by atoms with Crippen LogP contribution in [0.25, 0.3) is 10.8 Å². The third kappa shape index (κ3) is 3.06. The minimum atomic E-state index is -0.182. The topological polar surface area (TPSA) is 55.1 Å². The van der Waals surface area contributed by atoms with Gasteiger partial charge in [-0.2, -0.15) is 0 Å². The number of hydrogen-bond donors (Lipinski definition) is 2. The van der Waals surface area contributed by atoms with E-state index in [0.717, 1.165) is 20.9 Å². The Balaban J connectivity index is 1.88. The van der Waals surface area contributed by atoms with E-state index < -0.39 is 0 Å². The molecule has 21 heavy (non-hydrogen) atoms. The number of benzene rings is 3. The Bertz CT molecular complexity index is 810. The third-order valence-corrected chi connectivity index (χ3v) is 3.65. The van der Waals surface area contributed by atoms with E-state index in [9.17, 15) is 4.79 Å². The molecule has 4 heteroatoms. The van der Waals surface area contributed by atoms with Crippen LogP contribution in [0.1, 0.15) is 10.4 Å². The number of fused-ring (bicyclic) bond motifs is 1. The summed E-state index contributed by atoms with van der Waals surface area (Å²) in [6, 6.07) is 19.0. The van der Waals surface area contributed by atoms with Crippen molar-refractivity contribution < 1.29 is 4.79 Å². The normalized spacial score (nSPS) is 10.5. The molecule has 0 aliphatic heterocycles. The number of halogens is 1. The monoisotopic (exact) mass is 340 g/mol. The largest absolute Gasteiger partial charge is 0.399 e. The predicted octanol–water partition coefficient (Wildman–Crippen LogP) is 4.44. The Morgan fingerprint density at radius 3 is 2.48 bits per heavy atom. The minimum Gasteiger partial charge on any atom is -0.399 e. The lowest BCUT2D eigenvalue weighted by molar-refractivity contribution is 0.102. The quantitative estimate of drug-likeness (QED) is 0.677. The number of anilines is 2. The van der Waals surface area contributed by atoms with Crippen molar-refractivity contribution >= 4 is 44.0 Å². The van der Waals surface area contributed by atoms with Gasteiger partial charge in [-0.1, -0.05) is 46.3 Å². The highest BCUT2D eigenvalue weighted by Gasteiger charge is 2.08. The fraction of sp³-hybridized carbons (Fsp3) is 0. The second kappa shape index (κ2) is 5.58. The van der Waals surface area contributed by atoms with Crippen molar-refractivity contribution in [1.29, 1.82) is 0 Å². The standard InChI is InChI=1S/C17H13BrN2O/c18-14-7-13(8-15(19)10-14)17(21)20-16-6-5-11-3-1-2-4-12(11)9-16/h1-10H,19H2,(H,20,21). The average molecular weight is 341 g/mol. The molecular weight excluding hydrogens is 328 g/mol. The van der Waals surface area contributed by atoms with Gasteiger partial charge in [-0.15, -0.1) is 0 Å². The second-order valence-electron chi connectivity index (χ2n) is 4.79. The second-order valence-corrected chi connectivity index (χ2v) is 5.70. The van der Waals surface area contributed by atoms with E-state index >= 15 is 0 Å². The van der Waals surface area contributed by atoms with Gasteiger partial charge >= 0.3 is 0 Å². The van der Waals surface area contributed by atoms with Crippen LogP contribution in [0.2, 0.25) is 0 Å². The van der Waals surface area contributed by atoms with Gasteiger partial charge < -0.3 is 11.1 Å². The number of rotatable bonds is 2. The smallest absolute Gasteiger partial charge is 0.255 e. The molecule has 3 rings (SSSR count). The Morgan fingerprint density at radius 1 is 0.952 bits per heavy atom. The molecule has 104 valence electrons. The van der Waals surface area contributed by atoms with E-state index in [0.29, 0.717) is 11.3 Å². The number of carbonyl (C=O) groups is 1. The van der Waals surface area contributed by atoms with Crippen LogP contribution >= 0.6 is 15.9 Å². The van der Waals surface area contributed by atoms with Crippen molar-refractivity contribution in [2.24, 2.45) is 0 Å². The van der Waals surface area contributed by atoms with Crippen molar-refractivity contribution in [1.82, 2.24) is 0 Å². The van der Waals surface area contributed by atoms with Crippen molar-refractivity contribution in [2.45, 2.75) is 0 Å². The molecule has 3 aromatic rings. The first-order chi connectivity index (χ1) is 10.1. The highest BCUT2D eigenvalue weighted by Crippen LogP contribution is 2.21. The van der Waals surface area contributed by atoms with E-state index in [1.807, 2.05) is 42.5 Å². The molecule has 0 unspecified atom stereocenters. The lowest BCUT2D eigenvalue weighted by Crippen LogP contribution is -2.12. The molecule has 0 heterocycles. The first-order valence-electron chi connectivity index (χ1n) is 6.48.